The van der Waals surface area contributed by atoms with E-state index in [1.165, 1.54) is 4.90 Å². The van der Waals surface area contributed by atoms with Crippen LogP contribution >= 0.6 is 11.9 Å². The summed E-state index contributed by atoms with van der Waals surface area (Å²) in [4.78, 5) is 5.77. The zero-order valence-electron chi connectivity index (χ0n) is 8.55. The summed E-state index contributed by atoms with van der Waals surface area (Å²) in [6.45, 7) is 0. The molecule has 1 aliphatic rings. The predicted molar refractivity (Wildman–Crippen MR) is 68.1 cm³/mol. The molecule has 2 aromatic rings. The van der Waals surface area contributed by atoms with Gasteiger partial charge in [0.2, 0.25) is 0 Å². The molecule has 3 heteroatoms. The predicted octanol–water partition coefficient (Wildman–Crippen LogP) is 3.38. The molecule has 78 valence electrons. The van der Waals surface area contributed by atoms with Crippen LogP contribution in [0.5, 0.6) is 0 Å². The number of rotatable bonds is 1. The van der Waals surface area contributed by atoms with Crippen LogP contribution in [0.25, 0.3) is 0 Å². The lowest BCUT2D eigenvalue weighted by Gasteiger charge is -2.16. The van der Waals surface area contributed by atoms with E-state index in [1.54, 1.807) is 11.9 Å². The first-order valence-corrected chi connectivity index (χ1v) is 5.91. The van der Waals surface area contributed by atoms with E-state index in [9.17, 15) is 0 Å². The second-order valence-electron chi connectivity index (χ2n) is 3.50. The second kappa shape index (κ2) is 4.02. The molecule has 0 radical (unpaired) electrons. The minimum absolute atomic E-state index is 0.921. The Labute approximate surface area is 98.6 Å². The van der Waals surface area contributed by atoms with Crippen LogP contribution in [0, 0.1) is 0 Å². The molecule has 0 aromatic heterocycles. The number of benzene rings is 2. The molecule has 1 heterocycles. The first kappa shape index (κ1) is 9.48. The summed E-state index contributed by atoms with van der Waals surface area (Å²) in [6, 6.07) is 18.3. The quantitative estimate of drug-likeness (QED) is 0.754. The van der Waals surface area contributed by atoms with Crippen LogP contribution < -0.4 is 4.72 Å². The van der Waals surface area contributed by atoms with Crippen LogP contribution in [-0.2, 0) is 0 Å². The van der Waals surface area contributed by atoms with Gasteiger partial charge >= 0.3 is 0 Å². The Morgan fingerprint density at radius 1 is 0.875 bits per heavy atom. The summed E-state index contributed by atoms with van der Waals surface area (Å²) in [5.41, 5.74) is 2.15. The van der Waals surface area contributed by atoms with Crippen LogP contribution in [0.2, 0.25) is 0 Å². The number of aliphatic imine (C=N–C) groups is 1. The van der Waals surface area contributed by atoms with E-state index in [4.69, 9.17) is 0 Å². The molecule has 0 saturated heterocycles. The van der Waals surface area contributed by atoms with Gasteiger partial charge in [0.15, 0.2) is 0 Å². The molecule has 0 saturated carbocycles. The van der Waals surface area contributed by atoms with Crippen LogP contribution in [0.3, 0.4) is 0 Å². The number of hydrogen-bond donors (Lipinski definition) is 1. The van der Waals surface area contributed by atoms with Crippen molar-refractivity contribution in [3.8, 4) is 0 Å². The van der Waals surface area contributed by atoms with Gasteiger partial charge in [0.1, 0.15) is 5.84 Å². The molecule has 1 aliphatic heterocycles. The van der Waals surface area contributed by atoms with Crippen molar-refractivity contribution >= 4 is 23.5 Å². The molecule has 16 heavy (non-hydrogen) atoms. The molecule has 0 unspecified atom stereocenters. The third-order valence-electron chi connectivity index (χ3n) is 2.40. The number of para-hydroxylation sites is 1. The van der Waals surface area contributed by atoms with E-state index >= 15 is 0 Å². The molecule has 1 N–H and O–H groups in total. The molecular weight excluding hydrogens is 216 g/mol. The number of amidine groups is 1. The highest BCUT2D eigenvalue weighted by Crippen LogP contribution is 2.31. The van der Waals surface area contributed by atoms with E-state index in [1.807, 2.05) is 36.4 Å². The minimum Gasteiger partial charge on any atom is -0.310 e. The normalized spacial score (nSPS) is 13.6. The molecule has 3 rings (SSSR count). The van der Waals surface area contributed by atoms with Crippen LogP contribution in [0.1, 0.15) is 5.56 Å². The number of hydrogen-bond acceptors (Lipinski definition) is 3. The topological polar surface area (TPSA) is 24.4 Å². The largest absolute Gasteiger partial charge is 0.310 e. The highest BCUT2D eigenvalue weighted by molar-refractivity contribution is 7.98. The molecule has 0 aliphatic carbocycles. The Morgan fingerprint density at radius 2 is 1.62 bits per heavy atom. The lowest BCUT2D eigenvalue weighted by Crippen LogP contribution is -2.19. The van der Waals surface area contributed by atoms with Crippen LogP contribution in [0.4, 0.5) is 5.69 Å². The minimum atomic E-state index is 0.921. The standard InChI is InChI=1S/C13H10N2S/c1-2-6-10(7-3-1)13-14-11-8-4-5-9-12(11)16-15-13/h1-9H,(H,14,15). The molecule has 0 spiro atoms. The fourth-order valence-corrected chi connectivity index (χ4v) is 2.34. The first-order chi connectivity index (χ1) is 7.93. The van der Waals surface area contributed by atoms with Gasteiger partial charge in [0.05, 0.1) is 10.6 Å². The summed E-state index contributed by atoms with van der Waals surface area (Å²) < 4.78 is 3.26. The number of nitrogens with zero attached hydrogens (tertiary/aromatic N) is 1. The summed E-state index contributed by atoms with van der Waals surface area (Å²) >= 11 is 1.61. The zero-order chi connectivity index (χ0) is 10.8. The summed E-state index contributed by atoms with van der Waals surface area (Å²) in [6.07, 6.45) is 0. The smallest absolute Gasteiger partial charge is 0.144 e. The maximum Gasteiger partial charge on any atom is 0.144 e. The summed E-state index contributed by atoms with van der Waals surface area (Å²) in [7, 11) is 0. The summed E-state index contributed by atoms with van der Waals surface area (Å²) in [5, 5.41) is 0. The SMILES string of the molecule is c1ccc(C2=Nc3ccccc3SN2)cc1. The van der Waals surface area contributed by atoms with Gasteiger partial charge < -0.3 is 4.72 Å². The van der Waals surface area contributed by atoms with Crippen LogP contribution in [-0.4, -0.2) is 5.84 Å². The van der Waals surface area contributed by atoms with Crippen molar-refractivity contribution in [1.82, 2.24) is 4.72 Å². The maximum atomic E-state index is 4.60. The van der Waals surface area contributed by atoms with Gasteiger partial charge in [-0.1, -0.05) is 42.5 Å². The van der Waals surface area contributed by atoms with E-state index in [-0.39, 0.29) is 0 Å². The molecule has 2 aromatic carbocycles. The number of fused-ring (bicyclic) bond motifs is 1. The molecular formula is C13H10N2S. The van der Waals surface area contributed by atoms with Crippen molar-refractivity contribution in [2.75, 3.05) is 0 Å². The fourth-order valence-electron chi connectivity index (χ4n) is 1.60. The van der Waals surface area contributed by atoms with Crippen molar-refractivity contribution < 1.29 is 0 Å². The highest BCUT2D eigenvalue weighted by Gasteiger charge is 2.12. The van der Waals surface area contributed by atoms with Gasteiger partial charge in [0.25, 0.3) is 0 Å². The van der Waals surface area contributed by atoms with Gasteiger partial charge in [-0.25, -0.2) is 4.99 Å². The Balaban J connectivity index is 2.04. The van der Waals surface area contributed by atoms with Crippen molar-refractivity contribution in [3.63, 3.8) is 0 Å². The fraction of sp³-hybridized carbons (Fsp3) is 0. The maximum absolute atomic E-state index is 4.60. The average Bonchev–Trinajstić information content (AvgIpc) is 2.39. The van der Waals surface area contributed by atoms with Crippen molar-refractivity contribution in [2.45, 2.75) is 4.90 Å². The first-order valence-electron chi connectivity index (χ1n) is 5.09. The van der Waals surface area contributed by atoms with Gasteiger partial charge in [-0.3, -0.25) is 0 Å². The Morgan fingerprint density at radius 3 is 2.50 bits per heavy atom. The Bertz CT molecular complexity index is 535. The second-order valence-corrected chi connectivity index (χ2v) is 4.35. The van der Waals surface area contributed by atoms with Crippen molar-refractivity contribution in [3.05, 3.63) is 60.2 Å². The third-order valence-corrected chi connectivity index (χ3v) is 3.26. The molecule has 0 fully saturated rings. The summed E-state index contributed by atoms with van der Waals surface area (Å²) in [5.74, 6) is 0.921. The van der Waals surface area contributed by atoms with Crippen LogP contribution in [0.15, 0.2) is 64.5 Å². The number of nitrogens with one attached hydrogen (secondary N) is 1. The molecule has 0 amide bonds. The van der Waals surface area contributed by atoms with Gasteiger partial charge in [-0.2, -0.15) is 0 Å². The van der Waals surface area contributed by atoms with Crippen molar-refractivity contribution in [1.29, 1.82) is 0 Å². The molecule has 2 nitrogen and oxygen atoms in total. The van der Waals surface area contributed by atoms with E-state index in [0.717, 1.165) is 17.1 Å². The van der Waals surface area contributed by atoms with E-state index in [2.05, 4.69) is 27.9 Å². The average molecular weight is 226 g/mol. The van der Waals surface area contributed by atoms with Gasteiger partial charge in [-0.05, 0) is 24.1 Å². The van der Waals surface area contributed by atoms with Gasteiger partial charge in [-0.15, -0.1) is 0 Å². The molecule has 0 atom stereocenters. The third kappa shape index (κ3) is 1.70. The van der Waals surface area contributed by atoms with E-state index in [0.29, 0.717) is 0 Å². The Kier molecular flexibility index (Phi) is 2.38. The lowest BCUT2D eigenvalue weighted by atomic mass is 10.2. The van der Waals surface area contributed by atoms with Gasteiger partial charge in [0, 0.05) is 5.56 Å². The van der Waals surface area contributed by atoms with E-state index < -0.39 is 0 Å². The monoisotopic (exact) mass is 226 g/mol. The lowest BCUT2D eigenvalue weighted by molar-refractivity contribution is 1.28. The van der Waals surface area contributed by atoms with Crippen molar-refractivity contribution in [2.24, 2.45) is 4.99 Å². The zero-order valence-corrected chi connectivity index (χ0v) is 9.37. The highest BCUT2D eigenvalue weighted by atomic mass is 32.2. The Hall–Kier alpha value is -1.74. The molecule has 0 bridgehead atoms.